The number of pyridine rings is 1. The molecule has 3 aliphatic rings. The highest BCUT2D eigenvalue weighted by Crippen LogP contribution is 2.45. The normalized spacial score (nSPS) is 24.0. The minimum Gasteiger partial charge on any atom is -0.368 e. The highest BCUT2D eigenvalue weighted by Gasteiger charge is 2.30. The van der Waals surface area contributed by atoms with Crippen molar-refractivity contribution in [3.05, 3.63) is 83.3 Å². The molecule has 1 aromatic heterocycles. The second-order valence-electron chi connectivity index (χ2n) is 7.68. The fraction of sp³-hybridized carbons (Fsp3) is 0.261. The van der Waals surface area contributed by atoms with E-state index in [1.165, 1.54) is 21.7 Å². The summed E-state index contributed by atoms with van der Waals surface area (Å²) in [4.78, 5) is 10.3. The summed E-state index contributed by atoms with van der Waals surface area (Å²) in [6, 6.07) is 12.8. The average Bonchev–Trinajstić information content (AvgIpc) is 3.14. The zero-order valence-corrected chi connectivity index (χ0v) is 17.1. The van der Waals surface area contributed by atoms with Gasteiger partial charge in [-0.3, -0.25) is 4.98 Å². The maximum absolute atomic E-state index is 6.27. The van der Waals surface area contributed by atoms with Gasteiger partial charge in [-0.25, -0.2) is 0 Å². The van der Waals surface area contributed by atoms with Gasteiger partial charge in [0, 0.05) is 36.4 Å². The Hall–Kier alpha value is -2.54. The van der Waals surface area contributed by atoms with Gasteiger partial charge in [0.15, 0.2) is 0 Å². The predicted molar refractivity (Wildman–Crippen MR) is 122 cm³/mol. The fourth-order valence-corrected chi connectivity index (χ4v) is 5.19. The number of allylic oxidation sites excluding steroid dienone is 2. The summed E-state index contributed by atoms with van der Waals surface area (Å²) in [7, 11) is 0. The SMILES string of the molecule is NC1CCCN(c2ccncc2N2C=C(c3ccccc3)C=C3SC(N)C=C32)C1. The first kappa shape index (κ1) is 18.5. The molecule has 29 heavy (non-hydrogen) atoms. The van der Waals surface area contributed by atoms with Gasteiger partial charge in [0.05, 0.1) is 28.6 Å². The Balaban J connectivity index is 1.60. The third kappa shape index (κ3) is 3.59. The van der Waals surface area contributed by atoms with Crippen LogP contribution in [0.25, 0.3) is 5.57 Å². The molecular formula is C23H25N5S. The van der Waals surface area contributed by atoms with Crippen LogP contribution in [0.1, 0.15) is 18.4 Å². The smallest absolute Gasteiger partial charge is 0.0876 e. The summed E-state index contributed by atoms with van der Waals surface area (Å²) in [5.74, 6) is 0. The minimum atomic E-state index is -0.0363. The summed E-state index contributed by atoms with van der Waals surface area (Å²) in [5, 5.41) is -0.0363. The van der Waals surface area contributed by atoms with Crippen LogP contribution in [0.15, 0.2) is 77.7 Å². The molecule has 2 atom stereocenters. The molecular weight excluding hydrogens is 378 g/mol. The van der Waals surface area contributed by atoms with Crippen LogP contribution < -0.4 is 21.3 Å². The third-order valence-corrected chi connectivity index (χ3v) is 6.58. The highest BCUT2D eigenvalue weighted by molar-refractivity contribution is 8.04. The Bertz CT molecular complexity index is 997. The molecule has 1 aromatic carbocycles. The van der Waals surface area contributed by atoms with Gasteiger partial charge in [0.25, 0.3) is 0 Å². The molecule has 0 bridgehead atoms. The monoisotopic (exact) mass is 403 g/mol. The quantitative estimate of drug-likeness (QED) is 0.815. The molecule has 2 unspecified atom stereocenters. The molecule has 0 saturated carbocycles. The number of hydrogen-bond acceptors (Lipinski definition) is 6. The minimum absolute atomic E-state index is 0.0363. The van der Waals surface area contributed by atoms with Crippen LogP contribution in [0.5, 0.6) is 0 Å². The Labute approximate surface area is 175 Å². The van der Waals surface area contributed by atoms with Crippen LogP contribution in [-0.2, 0) is 0 Å². The molecule has 2 aromatic rings. The number of piperidine rings is 1. The number of nitrogens with zero attached hydrogens (tertiary/aromatic N) is 3. The van der Waals surface area contributed by atoms with Crippen molar-refractivity contribution in [3.63, 3.8) is 0 Å². The van der Waals surface area contributed by atoms with Crippen LogP contribution in [0, 0.1) is 0 Å². The zero-order chi connectivity index (χ0) is 19.8. The molecule has 0 radical (unpaired) electrons. The van der Waals surface area contributed by atoms with E-state index >= 15 is 0 Å². The lowest BCUT2D eigenvalue weighted by molar-refractivity contribution is 0.506. The van der Waals surface area contributed by atoms with Gasteiger partial charge in [0.1, 0.15) is 0 Å². The maximum Gasteiger partial charge on any atom is 0.0876 e. The summed E-state index contributed by atoms with van der Waals surface area (Å²) >= 11 is 1.70. The first-order valence-electron chi connectivity index (χ1n) is 10.1. The third-order valence-electron chi connectivity index (χ3n) is 5.59. The number of benzene rings is 1. The number of hydrogen-bond donors (Lipinski definition) is 2. The Morgan fingerprint density at radius 3 is 2.76 bits per heavy atom. The van der Waals surface area contributed by atoms with Crippen molar-refractivity contribution in [2.75, 3.05) is 22.9 Å². The summed E-state index contributed by atoms with van der Waals surface area (Å²) < 4.78 is 0. The highest BCUT2D eigenvalue weighted by atomic mass is 32.2. The Kier molecular flexibility index (Phi) is 4.91. The second kappa shape index (κ2) is 7.71. The molecule has 4 N–H and O–H groups in total. The topological polar surface area (TPSA) is 71.4 Å². The van der Waals surface area contributed by atoms with Gasteiger partial charge in [-0.2, -0.15) is 0 Å². The molecule has 4 heterocycles. The summed E-state index contributed by atoms with van der Waals surface area (Å²) in [5.41, 5.74) is 18.3. The fourth-order valence-electron chi connectivity index (χ4n) is 4.22. The van der Waals surface area contributed by atoms with Crippen LogP contribution in [0.4, 0.5) is 11.4 Å². The first-order valence-corrected chi connectivity index (χ1v) is 10.9. The van der Waals surface area contributed by atoms with Crippen LogP contribution >= 0.6 is 11.8 Å². The molecule has 3 aliphatic heterocycles. The lowest BCUT2D eigenvalue weighted by atomic mass is 10.0. The predicted octanol–water partition coefficient (Wildman–Crippen LogP) is 3.67. The summed E-state index contributed by atoms with van der Waals surface area (Å²) in [6.45, 7) is 1.89. The van der Waals surface area contributed by atoms with Gasteiger partial charge < -0.3 is 21.3 Å². The molecule has 5 rings (SSSR count). The Morgan fingerprint density at radius 1 is 1.07 bits per heavy atom. The van der Waals surface area contributed by atoms with E-state index in [0.29, 0.717) is 0 Å². The van der Waals surface area contributed by atoms with Gasteiger partial charge >= 0.3 is 0 Å². The number of aromatic nitrogens is 1. The van der Waals surface area contributed by atoms with Crippen molar-refractivity contribution >= 4 is 28.7 Å². The van der Waals surface area contributed by atoms with E-state index in [0.717, 1.165) is 37.3 Å². The number of rotatable bonds is 3. The molecule has 5 nitrogen and oxygen atoms in total. The van der Waals surface area contributed by atoms with Crippen molar-refractivity contribution in [1.29, 1.82) is 0 Å². The molecule has 0 spiro atoms. The zero-order valence-electron chi connectivity index (χ0n) is 16.2. The Morgan fingerprint density at radius 2 is 1.93 bits per heavy atom. The maximum atomic E-state index is 6.27. The van der Waals surface area contributed by atoms with Crippen molar-refractivity contribution in [1.82, 2.24) is 4.98 Å². The van der Waals surface area contributed by atoms with Crippen LogP contribution in [-0.4, -0.2) is 29.5 Å². The van der Waals surface area contributed by atoms with Gasteiger partial charge in [-0.05, 0) is 42.2 Å². The van der Waals surface area contributed by atoms with E-state index in [1.807, 2.05) is 18.5 Å². The van der Waals surface area contributed by atoms with E-state index in [-0.39, 0.29) is 11.4 Å². The number of thioether (sulfide) groups is 1. The molecule has 6 heteroatoms. The van der Waals surface area contributed by atoms with Crippen molar-refractivity contribution < 1.29 is 0 Å². The van der Waals surface area contributed by atoms with E-state index < -0.39 is 0 Å². The van der Waals surface area contributed by atoms with Crippen molar-refractivity contribution in [3.8, 4) is 0 Å². The van der Waals surface area contributed by atoms with E-state index in [2.05, 4.69) is 63.5 Å². The van der Waals surface area contributed by atoms with Crippen molar-refractivity contribution in [2.24, 2.45) is 11.5 Å². The molecule has 0 aliphatic carbocycles. The average molecular weight is 404 g/mol. The van der Waals surface area contributed by atoms with Gasteiger partial charge in [0.2, 0.25) is 0 Å². The van der Waals surface area contributed by atoms with E-state index in [9.17, 15) is 0 Å². The largest absolute Gasteiger partial charge is 0.368 e. The summed E-state index contributed by atoms with van der Waals surface area (Å²) in [6.07, 6.45) is 12.6. The number of nitrogens with two attached hydrogens (primary N) is 2. The standard InChI is InChI=1S/C23H25N5S/c24-18-7-4-10-27(15-18)19-8-9-26-13-21(19)28-14-17(16-5-2-1-3-6-16)11-22-20(28)12-23(25)29-22/h1-3,5-6,8-9,11-14,18,23H,4,7,10,15,24-25H2. The van der Waals surface area contributed by atoms with E-state index in [1.54, 1.807) is 11.8 Å². The molecule has 0 amide bonds. The van der Waals surface area contributed by atoms with Crippen molar-refractivity contribution in [2.45, 2.75) is 24.3 Å². The van der Waals surface area contributed by atoms with Gasteiger partial charge in [-0.1, -0.05) is 30.3 Å². The van der Waals surface area contributed by atoms with Gasteiger partial charge in [-0.15, -0.1) is 11.8 Å². The number of anilines is 2. The molecule has 148 valence electrons. The number of fused-ring (bicyclic) bond motifs is 1. The van der Waals surface area contributed by atoms with E-state index in [4.69, 9.17) is 11.5 Å². The molecule has 1 saturated heterocycles. The first-order chi connectivity index (χ1) is 14.2. The lowest BCUT2D eigenvalue weighted by Crippen LogP contribution is -2.43. The lowest BCUT2D eigenvalue weighted by Gasteiger charge is -2.36. The molecule has 1 fully saturated rings. The second-order valence-corrected chi connectivity index (χ2v) is 8.90. The van der Waals surface area contributed by atoms with Crippen LogP contribution in [0.2, 0.25) is 0 Å². The van der Waals surface area contributed by atoms with Crippen LogP contribution in [0.3, 0.4) is 0 Å².